The maximum absolute atomic E-state index is 12.9. The Kier molecular flexibility index (Phi) is 63.6. The number of ether oxygens (including phenoxy) is 3. The highest BCUT2D eigenvalue weighted by Crippen LogP contribution is 2.19. The zero-order valence-corrected chi connectivity index (χ0v) is 51.6. The molecule has 0 aromatic rings. The smallest absolute Gasteiger partial charge is 0.306 e. The van der Waals surface area contributed by atoms with Gasteiger partial charge in [0.1, 0.15) is 13.2 Å². The van der Waals surface area contributed by atoms with Crippen molar-refractivity contribution in [2.24, 2.45) is 0 Å². The molecule has 0 saturated carbocycles. The largest absolute Gasteiger partial charge is 0.462 e. The molecule has 0 spiro atoms. The molecule has 1 atom stereocenters. The molecule has 0 bridgehead atoms. The molecule has 0 aliphatic carbocycles. The van der Waals surface area contributed by atoms with Crippen molar-refractivity contribution in [2.45, 2.75) is 393 Å². The van der Waals surface area contributed by atoms with E-state index in [1.165, 1.54) is 270 Å². The van der Waals surface area contributed by atoms with Crippen LogP contribution >= 0.6 is 0 Å². The van der Waals surface area contributed by atoms with Crippen molar-refractivity contribution in [1.29, 1.82) is 0 Å². The van der Waals surface area contributed by atoms with E-state index in [9.17, 15) is 14.4 Å². The fourth-order valence-electron chi connectivity index (χ4n) is 10.5. The molecule has 448 valence electrons. The number of hydrogen-bond acceptors (Lipinski definition) is 6. The number of unbranched alkanes of at least 4 members (excludes halogenated alkanes) is 49. The molecule has 0 saturated heterocycles. The van der Waals surface area contributed by atoms with Crippen LogP contribution in [-0.4, -0.2) is 37.2 Å². The van der Waals surface area contributed by atoms with Gasteiger partial charge in [0, 0.05) is 19.3 Å². The Morgan fingerprint density at radius 3 is 0.737 bits per heavy atom. The van der Waals surface area contributed by atoms with Gasteiger partial charge in [0.25, 0.3) is 0 Å². The van der Waals surface area contributed by atoms with Crippen LogP contribution in [-0.2, 0) is 28.6 Å². The second-order valence-corrected chi connectivity index (χ2v) is 23.5. The van der Waals surface area contributed by atoms with Crippen LogP contribution in [0.2, 0.25) is 0 Å². The molecule has 0 amide bonds. The third-order valence-corrected chi connectivity index (χ3v) is 15.7. The first kappa shape index (κ1) is 73.9. The van der Waals surface area contributed by atoms with Gasteiger partial charge in [-0.15, -0.1) is 0 Å². The molecule has 6 heteroatoms. The fourth-order valence-corrected chi connectivity index (χ4v) is 10.5. The van der Waals surface area contributed by atoms with Gasteiger partial charge in [0.2, 0.25) is 0 Å². The van der Waals surface area contributed by atoms with Crippen LogP contribution < -0.4 is 0 Å². The number of rotatable bonds is 64. The Bertz CT molecular complexity index is 1230. The lowest BCUT2D eigenvalue weighted by Crippen LogP contribution is -2.30. The van der Waals surface area contributed by atoms with E-state index in [-0.39, 0.29) is 31.1 Å². The highest BCUT2D eigenvalue weighted by atomic mass is 16.6. The third kappa shape index (κ3) is 62.7. The summed E-state index contributed by atoms with van der Waals surface area (Å²) < 4.78 is 17.0. The molecule has 0 N–H and O–H groups in total. The van der Waals surface area contributed by atoms with E-state index in [0.29, 0.717) is 19.3 Å². The van der Waals surface area contributed by atoms with Crippen LogP contribution in [0.25, 0.3) is 0 Å². The standard InChI is InChI=1S/C70H132O6/c1-4-7-10-13-16-19-22-25-28-31-33-35-37-39-42-45-48-51-54-57-60-63-69(72)75-66-67(65-74-68(71)62-59-56-53-50-47-44-41-30-27-24-21-18-15-12-9-6-3)76-70(73)64-61-58-55-52-49-46-43-40-38-36-34-32-29-26-23-20-17-14-11-8-5-2/h21,24,30,41,67H,4-20,22-23,25-29,31-40,42-66H2,1-3H3/b24-21-,41-30-. The zero-order valence-electron chi connectivity index (χ0n) is 51.6. The quantitative estimate of drug-likeness (QED) is 0.0261. The minimum absolute atomic E-state index is 0.0692. The molecular formula is C70H132O6. The van der Waals surface area contributed by atoms with E-state index in [1.54, 1.807) is 0 Å². The molecule has 0 aliphatic heterocycles. The van der Waals surface area contributed by atoms with Crippen LogP contribution in [0.15, 0.2) is 24.3 Å². The Balaban J connectivity index is 4.29. The van der Waals surface area contributed by atoms with Gasteiger partial charge in [-0.3, -0.25) is 14.4 Å². The topological polar surface area (TPSA) is 78.9 Å². The summed E-state index contributed by atoms with van der Waals surface area (Å²) in [6.45, 7) is 6.70. The molecule has 0 aromatic carbocycles. The fraction of sp³-hybridized carbons (Fsp3) is 0.900. The predicted octanol–water partition coefficient (Wildman–Crippen LogP) is 23.4. The first-order valence-electron chi connectivity index (χ1n) is 34.3. The van der Waals surface area contributed by atoms with Crippen molar-refractivity contribution in [3.63, 3.8) is 0 Å². The Morgan fingerprint density at radius 2 is 0.474 bits per heavy atom. The molecule has 76 heavy (non-hydrogen) atoms. The first-order chi connectivity index (χ1) is 37.5. The highest BCUT2D eigenvalue weighted by molar-refractivity contribution is 5.71. The van der Waals surface area contributed by atoms with Gasteiger partial charge in [-0.1, -0.05) is 340 Å². The summed E-state index contributed by atoms with van der Waals surface area (Å²) in [5.41, 5.74) is 0. The van der Waals surface area contributed by atoms with Crippen molar-refractivity contribution in [1.82, 2.24) is 0 Å². The van der Waals surface area contributed by atoms with E-state index in [4.69, 9.17) is 14.2 Å². The predicted molar refractivity (Wildman–Crippen MR) is 330 cm³/mol. The third-order valence-electron chi connectivity index (χ3n) is 15.7. The maximum Gasteiger partial charge on any atom is 0.306 e. The van der Waals surface area contributed by atoms with Gasteiger partial charge in [0.05, 0.1) is 0 Å². The van der Waals surface area contributed by atoms with Gasteiger partial charge in [-0.05, 0) is 51.4 Å². The summed E-state index contributed by atoms with van der Waals surface area (Å²) in [7, 11) is 0. The molecule has 0 rings (SSSR count). The number of carbonyl (C=O) groups is 3. The summed E-state index contributed by atoms with van der Waals surface area (Å²) in [5.74, 6) is -0.851. The summed E-state index contributed by atoms with van der Waals surface area (Å²) in [6.07, 6.45) is 79.1. The summed E-state index contributed by atoms with van der Waals surface area (Å²) >= 11 is 0. The summed E-state index contributed by atoms with van der Waals surface area (Å²) in [4.78, 5) is 38.4. The van der Waals surface area contributed by atoms with Gasteiger partial charge in [-0.25, -0.2) is 0 Å². The molecular weight excluding hydrogens is 937 g/mol. The molecule has 6 nitrogen and oxygen atoms in total. The average Bonchev–Trinajstić information content (AvgIpc) is 3.42. The minimum atomic E-state index is -0.774. The molecule has 0 aromatic heterocycles. The van der Waals surface area contributed by atoms with E-state index in [1.807, 2.05) is 0 Å². The van der Waals surface area contributed by atoms with E-state index >= 15 is 0 Å². The summed E-state index contributed by atoms with van der Waals surface area (Å²) in [6, 6.07) is 0. The lowest BCUT2D eigenvalue weighted by molar-refractivity contribution is -0.167. The van der Waals surface area contributed by atoms with Crippen molar-refractivity contribution in [2.75, 3.05) is 13.2 Å². The average molecular weight is 1070 g/mol. The Hall–Kier alpha value is -2.11. The molecule has 1 unspecified atom stereocenters. The summed E-state index contributed by atoms with van der Waals surface area (Å²) in [5, 5.41) is 0. The van der Waals surface area contributed by atoms with E-state index in [0.717, 1.165) is 77.0 Å². The zero-order chi connectivity index (χ0) is 55.0. The van der Waals surface area contributed by atoms with Crippen LogP contribution in [0.3, 0.4) is 0 Å². The van der Waals surface area contributed by atoms with Crippen LogP contribution in [0, 0.1) is 0 Å². The van der Waals surface area contributed by atoms with E-state index in [2.05, 4.69) is 45.1 Å². The normalized spacial score (nSPS) is 12.1. The van der Waals surface area contributed by atoms with Crippen LogP contribution in [0.4, 0.5) is 0 Å². The number of carbonyl (C=O) groups excluding carboxylic acids is 3. The second kappa shape index (κ2) is 65.4. The number of allylic oxidation sites excluding steroid dienone is 4. The van der Waals surface area contributed by atoms with Crippen molar-refractivity contribution in [3.05, 3.63) is 24.3 Å². The van der Waals surface area contributed by atoms with Gasteiger partial charge < -0.3 is 14.2 Å². The molecule has 0 heterocycles. The lowest BCUT2D eigenvalue weighted by atomic mass is 10.0. The number of hydrogen-bond donors (Lipinski definition) is 0. The van der Waals surface area contributed by atoms with Crippen LogP contribution in [0.1, 0.15) is 387 Å². The van der Waals surface area contributed by atoms with Gasteiger partial charge in [0.15, 0.2) is 6.10 Å². The highest BCUT2D eigenvalue weighted by Gasteiger charge is 2.19. The SMILES string of the molecule is CCCCCC/C=C\C/C=C\CCCCCCCC(=O)OCC(COC(=O)CCCCCCCCCCCCCCCCCCCCCCC)OC(=O)CCCCCCCCCCCCCCCCCCCCCCC. The van der Waals surface area contributed by atoms with Crippen molar-refractivity contribution in [3.8, 4) is 0 Å². The van der Waals surface area contributed by atoms with Gasteiger partial charge in [-0.2, -0.15) is 0 Å². The Labute approximate surface area is 474 Å². The first-order valence-corrected chi connectivity index (χ1v) is 34.3. The Morgan fingerprint density at radius 1 is 0.263 bits per heavy atom. The molecule has 0 aliphatic rings. The molecule has 0 fully saturated rings. The van der Waals surface area contributed by atoms with Crippen molar-refractivity contribution < 1.29 is 28.6 Å². The molecule has 0 radical (unpaired) electrons. The monoisotopic (exact) mass is 1070 g/mol. The van der Waals surface area contributed by atoms with Crippen LogP contribution in [0.5, 0.6) is 0 Å². The van der Waals surface area contributed by atoms with Crippen molar-refractivity contribution >= 4 is 17.9 Å². The number of esters is 3. The van der Waals surface area contributed by atoms with Gasteiger partial charge >= 0.3 is 17.9 Å². The minimum Gasteiger partial charge on any atom is -0.462 e. The van der Waals surface area contributed by atoms with E-state index < -0.39 is 6.10 Å². The maximum atomic E-state index is 12.9. The lowest BCUT2D eigenvalue weighted by Gasteiger charge is -2.18. The second-order valence-electron chi connectivity index (χ2n) is 23.5.